The third-order valence-electron chi connectivity index (χ3n) is 1.73. The van der Waals surface area contributed by atoms with Crippen LogP contribution in [0.15, 0.2) is 42.7 Å². The Balaban J connectivity index is 2.99. The summed E-state index contributed by atoms with van der Waals surface area (Å²) >= 11 is 0. The zero-order chi connectivity index (χ0) is 10.6. The minimum Gasteiger partial charge on any atom is -0.383 e. The summed E-state index contributed by atoms with van der Waals surface area (Å²) in [6, 6.07) is 3.72. The second-order valence-electron chi connectivity index (χ2n) is 2.91. The van der Waals surface area contributed by atoms with E-state index in [4.69, 9.17) is 5.73 Å². The number of rotatable bonds is 3. The molecule has 0 aliphatic rings. The molecule has 1 rings (SSSR count). The number of allylic oxidation sites excluding steroid dienone is 1. The average Bonchev–Trinajstić information content (AvgIpc) is 2.18. The van der Waals surface area contributed by atoms with Gasteiger partial charge in [0.2, 0.25) is 0 Å². The summed E-state index contributed by atoms with van der Waals surface area (Å²) in [5.41, 5.74) is 8.22. The molecule has 2 N–H and O–H groups in total. The Kier molecular flexibility index (Phi) is 3.18. The van der Waals surface area contributed by atoms with Gasteiger partial charge in [0, 0.05) is 18.0 Å². The fourth-order valence-electron chi connectivity index (χ4n) is 0.971. The van der Waals surface area contributed by atoms with Crippen LogP contribution < -0.4 is 5.73 Å². The van der Waals surface area contributed by atoms with Crippen molar-refractivity contribution in [2.75, 3.05) is 0 Å². The Labute approximate surface area is 83.7 Å². The highest BCUT2D eigenvalue weighted by Crippen LogP contribution is 2.08. The summed E-state index contributed by atoms with van der Waals surface area (Å²) in [7, 11) is 0. The molecule has 1 aromatic rings. The van der Waals surface area contributed by atoms with E-state index in [9.17, 15) is 0 Å². The first-order chi connectivity index (χ1) is 6.65. The molecule has 0 aliphatic heterocycles. The third-order valence-corrected chi connectivity index (χ3v) is 1.73. The van der Waals surface area contributed by atoms with Gasteiger partial charge in [0.05, 0.1) is 5.69 Å². The molecule has 0 spiro atoms. The van der Waals surface area contributed by atoms with Gasteiger partial charge in [-0.25, -0.2) is 4.99 Å². The average molecular weight is 187 g/mol. The number of aliphatic imine (C=N–C) groups is 1. The van der Waals surface area contributed by atoms with Crippen LogP contribution in [0, 0.1) is 0 Å². The molecule has 0 aliphatic carbocycles. The number of nitrogens with zero attached hydrogens (tertiary/aromatic N) is 2. The molecule has 0 radical (unpaired) electrons. The predicted octanol–water partition coefficient (Wildman–Crippen LogP) is 1.96. The van der Waals surface area contributed by atoms with E-state index in [2.05, 4.69) is 23.1 Å². The van der Waals surface area contributed by atoms with E-state index >= 15 is 0 Å². The monoisotopic (exact) mass is 187 g/mol. The topological polar surface area (TPSA) is 51.3 Å². The molecule has 0 bridgehead atoms. The predicted molar refractivity (Wildman–Crippen MR) is 59.9 cm³/mol. The molecule has 1 heterocycles. The van der Waals surface area contributed by atoms with Crippen LogP contribution in [0.3, 0.4) is 0 Å². The van der Waals surface area contributed by atoms with E-state index in [1.807, 2.05) is 19.1 Å². The van der Waals surface area contributed by atoms with Crippen LogP contribution in [-0.2, 0) is 0 Å². The lowest BCUT2D eigenvalue weighted by Crippen LogP contribution is -2.12. The standard InChI is InChI=1S/C11H13N3/c1-4-13-11(12)9-5-6-10(8(2)3)14-7-9/h4-7H,1-2H2,3H3,(H2,12,13). The van der Waals surface area contributed by atoms with Crippen LogP contribution in [-0.4, -0.2) is 10.8 Å². The van der Waals surface area contributed by atoms with Crippen molar-refractivity contribution in [2.45, 2.75) is 6.92 Å². The molecular formula is C11H13N3. The van der Waals surface area contributed by atoms with Crippen molar-refractivity contribution in [3.05, 3.63) is 48.9 Å². The highest BCUT2D eigenvalue weighted by atomic mass is 14.8. The van der Waals surface area contributed by atoms with Gasteiger partial charge >= 0.3 is 0 Å². The maximum absolute atomic E-state index is 5.65. The van der Waals surface area contributed by atoms with E-state index in [1.165, 1.54) is 6.20 Å². The van der Waals surface area contributed by atoms with Crippen LogP contribution >= 0.6 is 0 Å². The van der Waals surface area contributed by atoms with Crippen LogP contribution in [0.4, 0.5) is 0 Å². The lowest BCUT2D eigenvalue weighted by atomic mass is 10.2. The molecule has 14 heavy (non-hydrogen) atoms. The van der Waals surface area contributed by atoms with Crippen molar-refractivity contribution >= 4 is 11.4 Å². The van der Waals surface area contributed by atoms with Crippen LogP contribution in [0.2, 0.25) is 0 Å². The fraction of sp³-hybridized carbons (Fsp3) is 0.0909. The number of pyridine rings is 1. The first kappa shape index (κ1) is 10.2. The van der Waals surface area contributed by atoms with Gasteiger partial charge in [0.15, 0.2) is 0 Å². The van der Waals surface area contributed by atoms with Crippen molar-refractivity contribution in [3.8, 4) is 0 Å². The Hall–Kier alpha value is -1.90. The number of hydrogen-bond acceptors (Lipinski definition) is 2. The number of aromatic nitrogens is 1. The summed E-state index contributed by atoms with van der Waals surface area (Å²) in [6.07, 6.45) is 3.08. The normalized spacial score (nSPS) is 11.1. The van der Waals surface area contributed by atoms with Gasteiger partial charge in [-0.1, -0.05) is 13.2 Å². The Morgan fingerprint density at radius 3 is 2.71 bits per heavy atom. The van der Waals surface area contributed by atoms with Crippen molar-refractivity contribution in [2.24, 2.45) is 10.7 Å². The molecule has 0 aromatic carbocycles. The number of hydrogen-bond donors (Lipinski definition) is 1. The van der Waals surface area contributed by atoms with E-state index in [0.29, 0.717) is 5.84 Å². The van der Waals surface area contributed by atoms with Gasteiger partial charge < -0.3 is 5.73 Å². The largest absolute Gasteiger partial charge is 0.383 e. The van der Waals surface area contributed by atoms with Crippen LogP contribution in [0.1, 0.15) is 18.2 Å². The lowest BCUT2D eigenvalue weighted by molar-refractivity contribution is 1.25. The van der Waals surface area contributed by atoms with Gasteiger partial charge in [-0.15, -0.1) is 0 Å². The van der Waals surface area contributed by atoms with E-state index in [1.54, 1.807) is 6.20 Å². The van der Waals surface area contributed by atoms with Crippen molar-refractivity contribution < 1.29 is 0 Å². The van der Waals surface area contributed by atoms with Crippen molar-refractivity contribution in [1.82, 2.24) is 4.98 Å². The van der Waals surface area contributed by atoms with E-state index in [-0.39, 0.29) is 0 Å². The lowest BCUT2D eigenvalue weighted by Gasteiger charge is -2.01. The van der Waals surface area contributed by atoms with Gasteiger partial charge in [-0.2, -0.15) is 0 Å². The minimum absolute atomic E-state index is 0.417. The minimum atomic E-state index is 0.417. The highest BCUT2D eigenvalue weighted by Gasteiger charge is 1.99. The first-order valence-corrected chi connectivity index (χ1v) is 4.21. The molecule has 0 saturated carbocycles. The zero-order valence-electron chi connectivity index (χ0n) is 8.20. The Morgan fingerprint density at radius 1 is 1.57 bits per heavy atom. The third kappa shape index (κ3) is 2.29. The summed E-state index contributed by atoms with van der Waals surface area (Å²) in [6.45, 7) is 9.17. The maximum atomic E-state index is 5.65. The fourth-order valence-corrected chi connectivity index (χ4v) is 0.971. The van der Waals surface area contributed by atoms with Gasteiger partial charge in [0.25, 0.3) is 0 Å². The molecule has 1 aromatic heterocycles. The summed E-state index contributed by atoms with van der Waals surface area (Å²) in [5.74, 6) is 0.417. The maximum Gasteiger partial charge on any atom is 0.132 e. The van der Waals surface area contributed by atoms with Crippen molar-refractivity contribution in [3.63, 3.8) is 0 Å². The molecule has 0 fully saturated rings. The summed E-state index contributed by atoms with van der Waals surface area (Å²) < 4.78 is 0. The molecule has 0 unspecified atom stereocenters. The number of nitrogens with two attached hydrogens (primary N) is 1. The Bertz CT molecular complexity index is 374. The van der Waals surface area contributed by atoms with Crippen LogP contribution in [0.25, 0.3) is 5.57 Å². The number of amidine groups is 1. The van der Waals surface area contributed by atoms with Gasteiger partial charge in [-0.3, -0.25) is 4.98 Å². The molecule has 3 heteroatoms. The Morgan fingerprint density at radius 2 is 2.29 bits per heavy atom. The van der Waals surface area contributed by atoms with Gasteiger partial charge in [-0.05, 0) is 24.6 Å². The molecule has 3 nitrogen and oxygen atoms in total. The SMILES string of the molecule is C=CN=C(N)c1ccc(C(=C)C)nc1. The molecule has 72 valence electrons. The summed E-state index contributed by atoms with van der Waals surface area (Å²) in [4.78, 5) is 8.05. The van der Waals surface area contributed by atoms with Crippen LogP contribution in [0.5, 0.6) is 0 Å². The van der Waals surface area contributed by atoms with Crippen molar-refractivity contribution in [1.29, 1.82) is 0 Å². The second kappa shape index (κ2) is 4.37. The first-order valence-electron chi connectivity index (χ1n) is 4.21. The molecular weight excluding hydrogens is 174 g/mol. The molecule has 0 saturated heterocycles. The molecule has 0 atom stereocenters. The highest BCUT2D eigenvalue weighted by molar-refractivity contribution is 5.97. The zero-order valence-corrected chi connectivity index (χ0v) is 8.20. The molecule has 0 amide bonds. The van der Waals surface area contributed by atoms with E-state index < -0.39 is 0 Å². The van der Waals surface area contributed by atoms with Gasteiger partial charge in [0.1, 0.15) is 5.84 Å². The second-order valence-corrected chi connectivity index (χ2v) is 2.91. The smallest absolute Gasteiger partial charge is 0.132 e. The quantitative estimate of drug-likeness (QED) is 0.581. The van der Waals surface area contributed by atoms with E-state index in [0.717, 1.165) is 16.8 Å². The summed E-state index contributed by atoms with van der Waals surface area (Å²) in [5, 5.41) is 0.